The SMILES string of the molecule is COc1ccc(OCC(=O)NC(C)c2nc(C)c(C(=O)O)s2)cc1. The van der Waals surface area contributed by atoms with Gasteiger partial charge in [-0.2, -0.15) is 0 Å². The first kappa shape index (κ1) is 17.7. The lowest BCUT2D eigenvalue weighted by atomic mass is 10.3. The molecule has 8 heteroatoms. The van der Waals surface area contributed by atoms with E-state index in [1.54, 1.807) is 45.2 Å². The number of rotatable bonds is 7. The summed E-state index contributed by atoms with van der Waals surface area (Å²) in [7, 11) is 1.57. The maximum Gasteiger partial charge on any atom is 0.347 e. The van der Waals surface area contributed by atoms with Gasteiger partial charge in [0.1, 0.15) is 21.4 Å². The van der Waals surface area contributed by atoms with Gasteiger partial charge in [0.2, 0.25) is 0 Å². The van der Waals surface area contributed by atoms with Crippen LogP contribution in [0, 0.1) is 6.92 Å². The molecular weight excluding hydrogens is 332 g/mol. The number of benzene rings is 1. The lowest BCUT2D eigenvalue weighted by molar-refractivity contribution is -0.123. The molecule has 0 saturated heterocycles. The van der Waals surface area contributed by atoms with Crippen molar-refractivity contribution in [3.63, 3.8) is 0 Å². The minimum absolute atomic E-state index is 0.146. The number of aryl methyl sites for hydroxylation is 1. The van der Waals surface area contributed by atoms with E-state index >= 15 is 0 Å². The number of nitrogens with one attached hydrogen (secondary N) is 1. The predicted octanol–water partition coefficient (Wildman–Crippen LogP) is 2.41. The minimum Gasteiger partial charge on any atom is -0.497 e. The van der Waals surface area contributed by atoms with Crippen molar-refractivity contribution >= 4 is 23.2 Å². The Hall–Kier alpha value is -2.61. The first-order valence-electron chi connectivity index (χ1n) is 7.17. The van der Waals surface area contributed by atoms with Crippen LogP contribution in [0.3, 0.4) is 0 Å². The molecule has 0 bridgehead atoms. The third-order valence-electron chi connectivity index (χ3n) is 3.18. The van der Waals surface area contributed by atoms with E-state index in [9.17, 15) is 9.59 Å². The van der Waals surface area contributed by atoms with Crippen molar-refractivity contribution in [1.82, 2.24) is 10.3 Å². The second-order valence-electron chi connectivity index (χ2n) is 5.03. The lowest BCUT2D eigenvalue weighted by Crippen LogP contribution is -2.31. The molecular formula is C16H18N2O5S. The number of amides is 1. The fourth-order valence-corrected chi connectivity index (χ4v) is 2.87. The maximum absolute atomic E-state index is 11.9. The number of thiazole rings is 1. The normalized spacial score (nSPS) is 11.6. The number of ether oxygens (including phenoxy) is 2. The standard InChI is InChI=1S/C16H18N2O5S/c1-9-14(16(20)21)24-15(18-9)10(2)17-13(19)8-23-12-6-4-11(22-3)5-7-12/h4-7,10H,8H2,1-3H3,(H,17,19)(H,20,21). The molecule has 24 heavy (non-hydrogen) atoms. The van der Waals surface area contributed by atoms with E-state index in [2.05, 4.69) is 10.3 Å². The van der Waals surface area contributed by atoms with Crippen molar-refractivity contribution in [1.29, 1.82) is 0 Å². The minimum atomic E-state index is -1.02. The van der Waals surface area contributed by atoms with Gasteiger partial charge in [0.15, 0.2) is 6.61 Å². The van der Waals surface area contributed by atoms with Crippen LogP contribution in [0.4, 0.5) is 0 Å². The Morgan fingerprint density at radius 3 is 2.46 bits per heavy atom. The van der Waals surface area contributed by atoms with E-state index in [-0.39, 0.29) is 17.4 Å². The highest BCUT2D eigenvalue weighted by Crippen LogP contribution is 2.23. The molecule has 2 aromatic rings. The van der Waals surface area contributed by atoms with Crippen molar-refractivity contribution in [2.24, 2.45) is 0 Å². The number of aromatic nitrogens is 1. The number of nitrogens with zero attached hydrogens (tertiary/aromatic N) is 1. The summed E-state index contributed by atoms with van der Waals surface area (Å²) >= 11 is 1.06. The summed E-state index contributed by atoms with van der Waals surface area (Å²) in [4.78, 5) is 27.4. The van der Waals surface area contributed by atoms with Crippen LogP contribution in [-0.4, -0.2) is 35.7 Å². The number of aromatic carboxylic acids is 1. The Morgan fingerprint density at radius 2 is 1.92 bits per heavy atom. The van der Waals surface area contributed by atoms with Gasteiger partial charge in [-0.25, -0.2) is 9.78 Å². The van der Waals surface area contributed by atoms with E-state index in [0.29, 0.717) is 22.2 Å². The van der Waals surface area contributed by atoms with Crippen LogP contribution in [0.2, 0.25) is 0 Å². The van der Waals surface area contributed by atoms with Gasteiger partial charge in [-0.1, -0.05) is 0 Å². The molecule has 2 rings (SSSR count). The molecule has 1 unspecified atom stereocenters. The number of carboxylic acids is 1. The lowest BCUT2D eigenvalue weighted by Gasteiger charge is -2.12. The van der Waals surface area contributed by atoms with Crippen molar-refractivity contribution < 1.29 is 24.2 Å². The van der Waals surface area contributed by atoms with E-state index in [0.717, 1.165) is 11.3 Å². The van der Waals surface area contributed by atoms with Gasteiger partial charge in [0.05, 0.1) is 18.8 Å². The Labute approximate surface area is 143 Å². The van der Waals surface area contributed by atoms with E-state index in [1.165, 1.54) is 0 Å². The largest absolute Gasteiger partial charge is 0.497 e. The molecule has 0 aliphatic heterocycles. The molecule has 0 saturated carbocycles. The molecule has 0 radical (unpaired) electrons. The number of hydrogen-bond acceptors (Lipinski definition) is 6. The number of methoxy groups -OCH3 is 1. The van der Waals surface area contributed by atoms with Gasteiger partial charge in [-0.3, -0.25) is 4.79 Å². The summed E-state index contributed by atoms with van der Waals surface area (Å²) in [5.74, 6) is -0.0775. The molecule has 2 N–H and O–H groups in total. The van der Waals surface area contributed by atoms with Crippen LogP contribution in [0.25, 0.3) is 0 Å². The summed E-state index contributed by atoms with van der Waals surface area (Å²) in [5.41, 5.74) is 0.443. The molecule has 1 atom stereocenters. The fourth-order valence-electron chi connectivity index (χ4n) is 1.97. The van der Waals surface area contributed by atoms with Crippen LogP contribution < -0.4 is 14.8 Å². The van der Waals surface area contributed by atoms with Gasteiger partial charge in [-0.05, 0) is 38.1 Å². The topological polar surface area (TPSA) is 97.8 Å². The monoisotopic (exact) mass is 350 g/mol. The number of carboxylic acid groups (broad SMARTS) is 1. The predicted molar refractivity (Wildman–Crippen MR) is 88.9 cm³/mol. The Kier molecular flexibility index (Phi) is 5.75. The zero-order valence-corrected chi connectivity index (χ0v) is 14.3. The molecule has 0 spiro atoms. The van der Waals surface area contributed by atoms with Crippen molar-refractivity contribution in [2.45, 2.75) is 19.9 Å². The van der Waals surface area contributed by atoms with E-state index < -0.39 is 12.0 Å². The van der Waals surface area contributed by atoms with Crippen LogP contribution in [0.1, 0.15) is 33.3 Å². The Bertz CT molecular complexity index is 727. The van der Waals surface area contributed by atoms with E-state index in [1.807, 2.05) is 0 Å². The van der Waals surface area contributed by atoms with Gasteiger partial charge in [0.25, 0.3) is 5.91 Å². The van der Waals surface area contributed by atoms with Gasteiger partial charge < -0.3 is 19.9 Å². The van der Waals surface area contributed by atoms with Crippen LogP contribution in [0.15, 0.2) is 24.3 Å². The molecule has 1 amide bonds. The summed E-state index contributed by atoms with van der Waals surface area (Å²) in [6.07, 6.45) is 0. The van der Waals surface area contributed by atoms with Crippen LogP contribution >= 0.6 is 11.3 Å². The summed E-state index contributed by atoms with van der Waals surface area (Å²) < 4.78 is 10.4. The van der Waals surface area contributed by atoms with Gasteiger partial charge in [-0.15, -0.1) is 11.3 Å². The average Bonchev–Trinajstić information content (AvgIpc) is 2.95. The summed E-state index contributed by atoms with van der Waals surface area (Å²) in [6, 6.07) is 6.50. The third-order valence-corrected chi connectivity index (χ3v) is 4.51. The molecule has 0 aliphatic carbocycles. The van der Waals surface area contributed by atoms with Crippen molar-refractivity contribution in [3.8, 4) is 11.5 Å². The average molecular weight is 350 g/mol. The van der Waals surface area contributed by atoms with Crippen molar-refractivity contribution in [2.75, 3.05) is 13.7 Å². The number of hydrogen-bond donors (Lipinski definition) is 2. The van der Waals surface area contributed by atoms with Gasteiger partial charge >= 0.3 is 5.97 Å². The third kappa shape index (κ3) is 4.45. The number of carbonyl (C=O) groups is 2. The molecule has 1 aromatic heterocycles. The summed E-state index contributed by atoms with van der Waals surface area (Å²) in [6.45, 7) is 3.23. The first-order chi connectivity index (χ1) is 11.4. The second kappa shape index (κ2) is 7.78. The zero-order chi connectivity index (χ0) is 17.7. The first-order valence-corrected chi connectivity index (χ1v) is 7.99. The highest BCUT2D eigenvalue weighted by Gasteiger charge is 2.19. The maximum atomic E-state index is 11.9. The van der Waals surface area contributed by atoms with Crippen molar-refractivity contribution in [3.05, 3.63) is 39.8 Å². The highest BCUT2D eigenvalue weighted by molar-refractivity contribution is 7.13. The second-order valence-corrected chi connectivity index (χ2v) is 6.06. The van der Waals surface area contributed by atoms with Gasteiger partial charge in [0, 0.05) is 0 Å². The quantitative estimate of drug-likeness (QED) is 0.796. The molecule has 7 nitrogen and oxygen atoms in total. The molecule has 0 aliphatic rings. The molecule has 0 fully saturated rings. The van der Waals surface area contributed by atoms with Crippen LogP contribution in [-0.2, 0) is 4.79 Å². The Morgan fingerprint density at radius 1 is 1.29 bits per heavy atom. The van der Waals surface area contributed by atoms with E-state index in [4.69, 9.17) is 14.6 Å². The summed E-state index contributed by atoms with van der Waals surface area (Å²) in [5, 5.41) is 12.3. The smallest absolute Gasteiger partial charge is 0.347 e. The van der Waals surface area contributed by atoms with Crippen LogP contribution in [0.5, 0.6) is 11.5 Å². The number of carbonyl (C=O) groups excluding carboxylic acids is 1. The fraction of sp³-hybridized carbons (Fsp3) is 0.312. The Balaban J connectivity index is 1.89. The molecule has 1 aromatic carbocycles. The molecule has 128 valence electrons. The highest BCUT2D eigenvalue weighted by atomic mass is 32.1. The molecule has 1 heterocycles. The zero-order valence-electron chi connectivity index (χ0n) is 13.5.